The molecule has 2 aromatic heterocycles. The summed E-state index contributed by atoms with van der Waals surface area (Å²) < 4.78 is 12.9. The Morgan fingerprint density at radius 1 is 1.07 bits per heavy atom. The van der Waals surface area contributed by atoms with Gasteiger partial charge < -0.3 is 39.0 Å². The lowest BCUT2D eigenvalue weighted by atomic mass is 9.96. The van der Waals surface area contributed by atoms with Crippen molar-refractivity contribution in [1.82, 2.24) is 29.3 Å². The Bertz CT molecular complexity index is 1290. The van der Waals surface area contributed by atoms with Crippen molar-refractivity contribution >= 4 is 24.1 Å². The first-order valence-electron chi connectivity index (χ1n) is 15.5. The summed E-state index contributed by atoms with van der Waals surface area (Å²) in [5, 5.41) is 19.0. The van der Waals surface area contributed by atoms with E-state index in [2.05, 4.69) is 19.4 Å². The number of aromatic nitrogens is 4. The fourth-order valence-corrected chi connectivity index (χ4v) is 5.66. The highest BCUT2D eigenvalue weighted by molar-refractivity contribution is 5.88. The standard InChI is InChI=1S/C31H47N7O6/c1-6-43-28(41)23-18-32-29(33-19-23)37-11-9-22(10-12-37)20-38(30(42)44-31(2,3)4)21-27-34-25-17-24(7-8-26(25)35(27)5)36(13-15-39)14-16-40/h17-19,22,39-40H,6-16,20-21H2,1-5H3. The summed E-state index contributed by atoms with van der Waals surface area (Å²) in [7, 11) is 1.98. The second-order valence-corrected chi connectivity index (χ2v) is 12.3. The van der Waals surface area contributed by atoms with Crippen LogP contribution in [0, 0.1) is 5.92 Å². The van der Waals surface area contributed by atoms with Crippen LogP contribution in [0.2, 0.25) is 0 Å². The van der Waals surface area contributed by atoms with Crippen LogP contribution >= 0.6 is 0 Å². The summed E-state index contributed by atoms with van der Waals surface area (Å²) in [6, 6.07) is 0. The monoisotopic (exact) mass is 613 g/mol. The van der Waals surface area contributed by atoms with E-state index >= 15 is 0 Å². The van der Waals surface area contributed by atoms with E-state index in [0.29, 0.717) is 44.3 Å². The molecular formula is C31H47N7O6. The van der Waals surface area contributed by atoms with E-state index in [1.165, 1.54) is 12.4 Å². The predicted octanol–water partition coefficient (Wildman–Crippen LogP) is 2.61. The van der Waals surface area contributed by atoms with Gasteiger partial charge in [-0.25, -0.2) is 24.5 Å². The predicted molar refractivity (Wildman–Crippen MR) is 165 cm³/mol. The average molecular weight is 614 g/mol. The number of ether oxygens (including phenoxy) is 2. The molecule has 13 nitrogen and oxygen atoms in total. The van der Waals surface area contributed by atoms with Crippen molar-refractivity contribution in [2.45, 2.75) is 65.5 Å². The van der Waals surface area contributed by atoms with Crippen LogP contribution in [0.5, 0.6) is 0 Å². The van der Waals surface area contributed by atoms with Crippen molar-refractivity contribution in [3.05, 3.63) is 40.9 Å². The van der Waals surface area contributed by atoms with Gasteiger partial charge in [0, 0.05) is 63.6 Å². The van der Waals surface area contributed by atoms with Crippen LogP contribution in [-0.4, -0.2) is 110 Å². The van der Waals surface area contributed by atoms with Crippen LogP contribution in [0.4, 0.5) is 10.7 Å². The second-order valence-electron chi connectivity index (χ2n) is 12.3. The van der Waals surface area contributed by atoms with Gasteiger partial charge in [-0.1, -0.05) is 0 Å². The number of nitrogens with zero attached hydrogens (tertiary/aromatic N) is 7. The van der Waals surface area contributed by atoms with E-state index < -0.39 is 11.6 Å². The van der Waals surface area contributed by atoms with Gasteiger partial charge in [-0.2, -0.15) is 0 Å². The molecule has 1 aliphatic heterocycles. The maximum atomic E-state index is 13.4. The van der Waals surface area contributed by atoms with Crippen LogP contribution in [0.3, 0.4) is 0 Å². The minimum atomic E-state index is -0.632. The van der Waals surface area contributed by atoms with Gasteiger partial charge >= 0.3 is 12.1 Å². The molecule has 242 valence electrons. The molecule has 0 radical (unpaired) electrons. The lowest BCUT2D eigenvalue weighted by Gasteiger charge is -2.35. The van der Waals surface area contributed by atoms with Crippen molar-refractivity contribution in [1.29, 1.82) is 0 Å². The molecule has 44 heavy (non-hydrogen) atoms. The lowest BCUT2D eigenvalue weighted by Crippen LogP contribution is -2.43. The Morgan fingerprint density at radius 2 is 1.73 bits per heavy atom. The highest BCUT2D eigenvalue weighted by Gasteiger charge is 2.30. The maximum Gasteiger partial charge on any atom is 0.410 e. The van der Waals surface area contributed by atoms with Gasteiger partial charge in [0.25, 0.3) is 0 Å². The third kappa shape index (κ3) is 8.47. The van der Waals surface area contributed by atoms with E-state index in [4.69, 9.17) is 14.5 Å². The number of hydrogen-bond acceptors (Lipinski definition) is 11. The number of piperidine rings is 1. The summed E-state index contributed by atoms with van der Waals surface area (Å²) in [6.45, 7) is 10.9. The Labute approximate surface area is 259 Å². The third-order valence-electron chi connectivity index (χ3n) is 7.91. The summed E-state index contributed by atoms with van der Waals surface area (Å²) >= 11 is 0. The summed E-state index contributed by atoms with van der Waals surface area (Å²) in [6.07, 6.45) is 7.92. The van der Waals surface area contributed by atoms with E-state index in [-0.39, 0.29) is 25.2 Å². The van der Waals surface area contributed by atoms with Gasteiger partial charge in [0.1, 0.15) is 11.4 Å². The van der Waals surface area contributed by atoms with Crippen LogP contribution in [-0.2, 0) is 29.5 Å². The van der Waals surface area contributed by atoms with Crippen molar-refractivity contribution in [2.75, 3.05) is 57.4 Å². The normalized spacial score (nSPS) is 15.4. The fraction of sp³-hybridized carbons (Fsp3) is 0.645. The minimum Gasteiger partial charge on any atom is -0.462 e. The molecule has 0 aromatic carbocycles. The Balaban J connectivity index is 1.45. The number of anilines is 1. The molecule has 0 saturated carbocycles. The lowest BCUT2D eigenvalue weighted by molar-refractivity contribution is 0.0187. The molecule has 2 aromatic rings. The van der Waals surface area contributed by atoms with Crippen LogP contribution < -0.4 is 4.90 Å². The number of aliphatic hydroxyl groups excluding tert-OH is 2. The molecule has 2 aliphatic rings. The first-order valence-corrected chi connectivity index (χ1v) is 15.5. The van der Waals surface area contributed by atoms with Crippen molar-refractivity contribution in [3.63, 3.8) is 0 Å². The van der Waals surface area contributed by atoms with E-state index in [1.54, 1.807) is 11.8 Å². The first-order chi connectivity index (χ1) is 21.0. The number of allylic oxidation sites excluding steroid dienone is 1. The number of hydrogen-bond donors (Lipinski definition) is 2. The third-order valence-corrected chi connectivity index (χ3v) is 7.91. The van der Waals surface area contributed by atoms with Crippen LogP contribution in [0.1, 0.15) is 74.5 Å². The topological polar surface area (TPSA) is 146 Å². The van der Waals surface area contributed by atoms with Crippen molar-refractivity contribution in [2.24, 2.45) is 13.0 Å². The zero-order valence-electron chi connectivity index (χ0n) is 26.7. The summed E-state index contributed by atoms with van der Waals surface area (Å²) in [4.78, 5) is 44.9. The smallest absolute Gasteiger partial charge is 0.410 e. The highest BCUT2D eigenvalue weighted by Crippen LogP contribution is 2.28. The fourth-order valence-electron chi connectivity index (χ4n) is 5.66. The van der Waals surface area contributed by atoms with Crippen molar-refractivity contribution in [3.8, 4) is 0 Å². The zero-order valence-corrected chi connectivity index (χ0v) is 26.7. The molecule has 0 atom stereocenters. The number of rotatable bonds is 12. The van der Waals surface area contributed by atoms with Gasteiger partial charge in [-0.05, 0) is 65.4 Å². The Morgan fingerprint density at radius 3 is 2.32 bits per heavy atom. The quantitative estimate of drug-likeness (QED) is 0.341. The summed E-state index contributed by atoms with van der Waals surface area (Å²) in [5.41, 5.74) is 2.70. The van der Waals surface area contributed by atoms with Crippen LogP contribution in [0.15, 0.2) is 18.1 Å². The molecule has 1 fully saturated rings. The molecule has 1 aliphatic carbocycles. The highest BCUT2D eigenvalue weighted by atomic mass is 16.6. The molecule has 1 saturated heterocycles. The maximum absolute atomic E-state index is 13.4. The van der Waals surface area contributed by atoms with Crippen LogP contribution in [0.25, 0.3) is 6.08 Å². The van der Waals surface area contributed by atoms with E-state index in [1.807, 2.05) is 38.8 Å². The minimum absolute atomic E-state index is 0.0101. The number of aliphatic hydroxyl groups is 2. The molecule has 0 spiro atoms. The van der Waals surface area contributed by atoms with E-state index in [9.17, 15) is 19.8 Å². The molecule has 1 amide bonds. The van der Waals surface area contributed by atoms with Gasteiger partial charge in [0.15, 0.2) is 0 Å². The van der Waals surface area contributed by atoms with Crippen molar-refractivity contribution < 1.29 is 29.3 Å². The number of carbonyl (C=O) groups is 2. The molecule has 2 N–H and O–H groups in total. The average Bonchev–Trinajstić information content (AvgIpc) is 3.30. The molecule has 3 heterocycles. The second kappa shape index (κ2) is 14.8. The SMILES string of the molecule is CCOC(=O)c1cnc(N2CCC(CN(Cc3nc4c(n3C)CCC(N(CCO)CCO)=C4)C(=O)OC(C)(C)C)CC2)nc1. The first kappa shape index (κ1) is 33.2. The number of amides is 1. The Hall–Kier alpha value is -3.71. The molecule has 4 rings (SSSR count). The Kier molecular flexibility index (Phi) is 11.2. The van der Waals surface area contributed by atoms with Gasteiger partial charge in [-0.3, -0.25) is 0 Å². The number of fused-ring (bicyclic) bond motifs is 1. The molecule has 0 unspecified atom stereocenters. The van der Waals surface area contributed by atoms with Gasteiger partial charge in [0.05, 0.1) is 37.6 Å². The van der Waals surface area contributed by atoms with Gasteiger partial charge in [-0.15, -0.1) is 0 Å². The van der Waals surface area contributed by atoms with E-state index in [0.717, 1.165) is 61.7 Å². The molecule has 0 bridgehead atoms. The number of esters is 1. The number of carbonyl (C=O) groups excluding carboxylic acids is 2. The largest absolute Gasteiger partial charge is 0.462 e. The summed E-state index contributed by atoms with van der Waals surface area (Å²) in [5.74, 6) is 1.17. The molecule has 13 heteroatoms. The molecular weight excluding hydrogens is 566 g/mol. The number of imidazole rings is 1. The van der Waals surface area contributed by atoms with Gasteiger partial charge in [0.2, 0.25) is 5.95 Å². The zero-order chi connectivity index (χ0) is 31.9.